The van der Waals surface area contributed by atoms with Crippen LogP contribution in [0, 0.1) is 0 Å². The fraction of sp³-hybridized carbons (Fsp3) is 0. The largest absolute Gasteiger partial charge is 0.508 e. The molecule has 0 spiro atoms. The summed E-state index contributed by atoms with van der Waals surface area (Å²) >= 11 is 0. The molecule has 3 rings (SSSR count). The second-order valence-electron chi connectivity index (χ2n) is 4.16. The highest BCUT2D eigenvalue weighted by molar-refractivity contribution is 6.03. The molecule has 1 heterocycles. The van der Waals surface area contributed by atoms with Crippen LogP contribution in [0.1, 0.15) is 5.56 Å². The van der Waals surface area contributed by atoms with E-state index in [0.29, 0.717) is 11.1 Å². The molecule has 4 nitrogen and oxygen atoms in total. The van der Waals surface area contributed by atoms with Crippen molar-refractivity contribution in [3.8, 4) is 16.9 Å². The van der Waals surface area contributed by atoms with E-state index in [1.807, 2.05) is 30.3 Å². The van der Waals surface area contributed by atoms with Crippen molar-refractivity contribution in [1.82, 2.24) is 0 Å². The molecule has 0 unspecified atom stereocenters. The Morgan fingerprint density at radius 3 is 2.53 bits per heavy atom. The van der Waals surface area contributed by atoms with E-state index in [0.717, 1.165) is 16.5 Å². The van der Waals surface area contributed by atoms with Gasteiger partial charge in [0.05, 0.1) is 12.5 Å². The molecule has 2 aromatic carbocycles. The summed E-state index contributed by atoms with van der Waals surface area (Å²) in [7, 11) is 0. The van der Waals surface area contributed by atoms with E-state index >= 15 is 0 Å². The molecule has 2 N–H and O–H groups in total. The number of phenolic OH excluding ortho intramolecular Hbond substituents is 1. The lowest BCUT2D eigenvalue weighted by Crippen LogP contribution is -1.85. The topological polar surface area (TPSA) is 66.0 Å². The van der Waals surface area contributed by atoms with Gasteiger partial charge in [-0.2, -0.15) is 0 Å². The van der Waals surface area contributed by atoms with Crippen molar-refractivity contribution in [3.05, 3.63) is 54.3 Å². The zero-order valence-corrected chi connectivity index (χ0v) is 9.95. The van der Waals surface area contributed by atoms with E-state index in [2.05, 4.69) is 5.16 Å². The smallest absolute Gasteiger partial charge is 0.143 e. The highest BCUT2D eigenvalue weighted by Gasteiger charge is 2.09. The molecule has 4 heteroatoms. The Kier molecular flexibility index (Phi) is 2.68. The summed E-state index contributed by atoms with van der Waals surface area (Å²) in [5, 5.41) is 21.9. The maximum absolute atomic E-state index is 9.33. The molecule has 0 bridgehead atoms. The second-order valence-corrected chi connectivity index (χ2v) is 4.16. The van der Waals surface area contributed by atoms with Gasteiger partial charge in [0.25, 0.3) is 0 Å². The number of furan rings is 1. The van der Waals surface area contributed by atoms with Gasteiger partial charge in [-0.1, -0.05) is 23.4 Å². The first-order chi connectivity index (χ1) is 9.29. The Morgan fingerprint density at radius 2 is 1.79 bits per heavy atom. The number of hydrogen-bond donors (Lipinski definition) is 2. The molecule has 19 heavy (non-hydrogen) atoms. The molecule has 0 aliphatic rings. The SMILES string of the molecule is O/N=C\c1ccc(-c2ccc(O)cc2)c2ccoc12. The number of aromatic hydroxyl groups is 1. The standard InChI is InChI=1S/C15H11NO3/c17-12-4-1-10(2-5-12)13-6-3-11(9-16-18)15-14(13)7-8-19-15/h1-9,17-18H/b16-9-. The van der Waals surface area contributed by atoms with Gasteiger partial charge in [0.1, 0.15) is 11.3 Å². The van der Waals surface area contributed by atoms with Crippen LogP contribution >= 0.6 is 0 Å². The van der Waals surface area contributed by atoms with Crippen LogP contribution in [0.15, 0.2) is 58.3 Å². The van der Waals surface area contributed by atoms with Gasteiger partial charge in [0, 0.05) is 10.9 Å². The molecule has 0 aliphatic carbocycles. The van der Waals surface area contributed by atoms with Crippen LogP contribution in [-0.4, -0.2) is 16.5 Å². The zero-order chi connectivity index (χ0) is 13.2. The van der Waals surface area contributed by atoms with Crippen molar-refractivity contribution in [3.63, 3.8) is 0 Å². The maximum Gasteiger partial charge on any atom is 0.143 e. The Hall–Kier alpha value is -2.75. The average molecular weight is 253 g/mol. The molecular formula is C15H11NO3. The highest BCUT2D eigenvalue weighted by atomic mass is 16.4. The van der Waals surface area contributed by atoms with Crippen molar-refractivity contribution in [2.24, 2.45) is 5.16 Å². The predicted molar refractivity (Wildman–Crippen MR) is 72.7 cm³/mol. The lowest BCUT2D eigenvalue weighted by Gasteiger charge is -2.05. The van der Waals surface area contributed by atoms with Crippen molar-refractivity contribution in [1.29, 1.82) is 0 Å². The van der Waals surface area contributed by atoms with Crippen molar-refractivity contribution in [2.45, 2.75) is 0 Å². The minimum absolute atomic E-state index is 0.233. The first-order valence-electron chi connectivity index (χ1n) is 5.76. The van der Waals surface area contributed by atoms with Gasteiger partial charge in [0.2, 0.25) is 0 Å². The van der Waals surface area contributed by atoms with Crippen LogP contribution in [0.2, 0.25) is 0 Å². The van der Waals surface area contributed by atoms with E-state index in [1.165, 1.54) is 6.21 Å². The number of rotatable bonds is 2. The van der Waals surface area contributed by atoms with Crippen LogP contribution in [0.4, 0.5) is 0 Å². The van der Waals surface area contributed by atoms with Crippen LogP contribution in [0.5, 0.6) is 5.75 Å². The van der Waals surface area contributed by atoms with E-state index in [4.69, 9.17) is 9.62 Å². The summed E-state index contributed by atoms with van der Waals surface area (Å²) in [6.07, 6.45) is 2.94. The van der Waals surface area contributed by atoms with Crippen molar-refractivity contribution >= 4 is 17.2 Å². The van der Waals surface area contributed by atoms with Gasteiger partial charge in [-0.3, -0.25) is 0 Å². The van der Waals surface area contributed by atoms with E-state index in [9.17, 15) is 5.11 Å². The Labute approximate surface area is 109 Å². The van der Waals surface area contributed by atoms with Crippen LogP contribution < -0.4 is 0 Å². The van der Waals surface area contributed by atoms with Crippen molar-refractivity contribution < 1.29 is 14.7 Å². The first kappa shape index (κ1) is 11.3. The van der Waals surface area contributed by atoms with Crippen LogP contribution in [-0.2, 0) is 0 Å². The van der Waals surface area contributed by atoms with Gasteiger partial charge in [-0.05, 0) is 35.4 Å². The number of nitrogens with zero attached hydrogens (tertiary/aromatic N) is 1. The summed E-state index contributed by atoms with van der Waals surface area (Å²) in [5.41, 5.74) is 3.36. The third kappa shape index (κ3) is 1.93. The summed E-state index contributed by atoms with van der Waals surface area (Å²) < 4.78 is 5.44. The molecule has 0 amide bonds. The van der Waals surface area contributed by atoms with E-state index < -0.39 is 0 Å². The number of hydrogen-bond acceptors (Lipinski definition) is 4. The summed E-state index contributed by atoms with van der Waals surface area (Å²) in [6, 6.07) is 12.6. The van der Waals surface area contributed by atoms with Gasteiger partial charge in [-0.25, -0.2) is 0 Å². The second kappa shape index (κ2) is 4.49. The molecule has 0 radical (unpaired) electrons. The molecule has 0 fully saturated rings. The minimum Gasteiger partial charge on any atom is -0.508 e. The molecule has 0 atom stereocenters. The van der Waals surface area contributed by atoms with Gasteiger partial charge in [-0.15, -0.1) is 0 Å². The minimum atomic E-state index is 0.233. The summed E-state index contributed by atoms with van der Waals surface area (Å²) in [6.45, 7) is 0. The van der Waals surface area contributed by atoms with E-state index in [-0.39, 0.29) is 5.75 Å². The van der Waals surface area contributed by atoms with Crippen LogP contribution in [0.3, 0.4) is 0 Å². The fourth-order valence-electron chi connectivity index (χ4n) is 2.14. The Morgan fingerprint density at radius 1 is 1.00 bits per heavy atom. The number of benzene rings is 2. The average Bonchev–Trinajstić information content (AvgIpc) is 2.90. The van der Waals surface area contributed by atoms with Crippen LogP contribution in [0.25, 0.3) is 22.1 Å². The lowest BCUT2D eigenvalue weighted by atomic mass is 10.00. The number of phenols is 1. The van der Waals surface area contributed by atoms with Gasteiger partial charge < -0.3 is 14.7 Å². The zero-order valence-electron chi connectivity index (χ0n) is 9.95. The third-order valence-corrected chi connectivity index (χ3v) is 3.02. The molecule has 3 aromatic rings. The van der Waals surface area contributed by atoms with Gasteiger partial charge >= 0.3 is 0 Å². The van der Waals surface area contributed by atoms with Gasteiger partial charge in [0.15, 0.2) is 0 Å². The molecule has 94 valence electrons. The summed E-state index contributed by atoms with van der Waals surface area (Å²) in [5.74, 6) is 0.233. The predicted octanol–water partition coefficient (Wildman–Crippen LogP) is 3.61. The molecule has 0 saturated carbocycles. The quantitative estimate of drug-likeness (QED) is 0.416. The monoisotopic (exact) mass is 253 g/mol. The number of oxime groups is 1. The molecule has 0 aliphatic heterocycles. The first-order valence-corrected chi connectivity index (χ1v) is 5.76. The lowest BCUT2D eigenvalue weighted by molar-refractivity contribution is 0.322. The highest BCUT2D eigenvalue weighted by Crippen LogP contribution is 2.31. The molecule has 0 saturated heterocycles. The Balaban J connectivity index is 2.23. The summed E-state index contributed by atoms with van der Waals surface area (Å²) in [4.78, 5) is 0. The fourth-order valence-corrected chi connectivity index (χ4v) is 2.14. The Bertz CT molecular complexity index is 742. The van der Waals surface area contributed by atoms with Crippen molar-refractivity contribution in [2.75, 3.05) is 0 Å². The third-order valence-electron chi connectivity index (χ3n) is 3.02. The molecule has 1 aromatic heterocycles. The normalized spacial score (nSPS) is 11.4. The number of fused-ring (bicyclic) bond motifs is 1. The maximum atomic E-state index is 9.33. The van der Waals surface area contributed by atoms with E-state index in [1.54, 1.807) is 18.4 Å². The molecular weight excluding hydrogens is 242 g/mol.